The summed E-state index contributed by atoms with van der Waals surface area (Å²) in [7, 11) is 0. The molecule has 0 fully saturated rings. The number of benzene rings is 1. The summed E-state index contributed by atoms with van der Waals surface area (Å²) in [6.45, 7) is 4.35. The van der Waals surface area contributed by atoms with Gasteiger partial charge in [-0.3, -0.25) is 0 Å². The van der Waals surface area contributed by atoms with Crippen LogP contribution in [0.3, 0.4) is 0 Å². The van der Waals surface area contributed by atoms with Gasteiger partial charge in [-0.25, -0.2) is 0 Å². The summed E-state index contributed by atoms with van der Waals surface area (Å²) in [5, 5.41) is 0. The summed E-state index contributed by atoms with van der Waals surface area (Å²) < 4.78 is 2.18. The lowest BCUT2D eigenvalue weighted by Gasteiger charge is -2.16. The normalized spacial score (nSPS) is 12.7. The van der Waals surface area contributed by atoms with Crippen LogP contribution in [0.15, 0.2) is 32.5 Å². The second-order valence-corrected chi connectivity index (χ2v) is 7.74. The third-order valence-electron chi connectivity index (χ3n) is 3.31. The molecule has 4 heteroatoms. The first-order valence-electron chi connectivity index (χ1n) is 6.38. The molecule has 0 bridgehead atoms. The van der Waals surface area contributed by atoms with Gasteiger partial charge in [-0.2, -0.15) is 0 Å². The molecule has 102 valence electrons. The lowest BCUT2D eigenvalue weighted by molar-refractivity contribution is 0.862. The molecule has 2 N–H and O–H groups in total. The molecule has 0 radical (unpaired) electrons. The zero-order chi connectivity index (χ0) is 14.0. The average molecular weight is 403 g/mol. The Bertz CT molecular complexity index is 558. The Morgan fingerprint density at radius 3 is 2.42 bits per heavy atom. The van der Waals surface area contributed by atoms with Gasteiger partial charge in [0.25, 0.3) is 0 Å². The molecule has 2 aromatic rings. The van der Waals surface area contributed by atoms with Crippen molar-refractivity contribution in [1.82, 2.24) is 0 Å². The molecular formula is C15H17Br2NS. The van der Waals surface area contributed by atoms with Crippen molar-refractivity contribution >= 4 is 43.2 Å². The van der Waals surface area contributed by atoms with Crippen molar-refractivity contribution in [2.75, 3.05) is 0 Å². The van der Waals surface area contributed by atoms with Gasteiger partial charge < -0.3 is 5.73 Å². The second kappa shape index (κ2) is 6.53. The van der Waals surface area contributed by atoms with Crippen LogP contribution in [0.5, 0.6) is 0 Å². The molecule has 0 saturated carbocycles. The number of rotatable bonds is 4. The Balaban J connectivity index is 2.44. The van der Waals surface area contributed by atoms with E-state index in [9.17, 15) is 0 Å². The number of hydrogen-bond acceptors (Lipinski definition) is 2. The van der Waals surface area contributed by atoms with Gasteiger partial charge in [0.2, 0.25) is 0 Å². The van der Waals surface area contributed by atoms with Crippen LogP contribution in [0.25, 0.3) is 0 Å². The molecular weight excluding hydrogens is 386 g/mol. The first-order valence-corrected chi connectivity index (χ1v) is 8.79. The van der Waals surface area contributed by atoms with Crippen LogP contribution < -0.4 is 5.73 Å². The predicted molar refractivity (Wildman–Crippen MR) is 90.9 cm³/mol. The maximum Gasteiger partial charge on any atom is 0.0843 e. The van der Waals surface area contributed by atoms with E-state index < -0.39 is 0 Å². The quantitative estimate of drug-likeness (QED) is 0.723. The van der Waals surface area contributed by atoms with Crippen molar-refractivity contribution in [2.24, 2.45) is 5.73 Å². The topological polar surface area (TPSA) is 26.0 Å². The van der Waals surface area contributed by atoms with Gasteiger partial charge >= 0.3 is 0 Å². The summed E-state index contributed by atoms with van der Waals surface area (Å²) in [4.78, 5) is 1.18. The van der Waals surface area contributed by atoms with E-state index >= 15 is 0 Å². The molecule has 0 aliphatic carbocycles. The van der Waals surface area contributed by atoms with E-state index in [-0.39, 0.29) is 6.04 Å². The number of hydrogen-bond donors (Lipinski definition) is 1. The molecule has 1 aromatic carbocycles. The Morgan fingerprint density at radius 2 is 1.89 bits per heavy atom. The molecule has 0 spiro atoms. The van der Waals surface area contributed by atoms with Crippen molar-refractivity contribution in [3.05, 3.63) is 54.1 Å². The lowest BCUT2D eigenvalue weighted by Crippen LogP contribution is -2.13. The molecule has 0 saturated heterocycles. The van der Waals surface area contributed by atoms with Crippen LogP contribution in [0.1, 0.15) is 41.5 Å². The molecule has 0 aliphatic rings. The van der Waals surface area contributed by atoms with E-state index in [1.807, 2.05) is 0 Å². The summed E-state index contributed by atoms with van der Waals surface area (Å²) in [5.74, 6) is 0. The summed E-state index contributed by atoms with van der Waals surface area (Å²) >= 11 is 8.76. The van der Waals surface area contributed by atoms with Crippen LogP contribution in [0.4, 0.5) is 0 Å². The summed E-state index contributed by atoms with van der Waals surface area (Å²) in [6.07, 6.45) is 2.06. The minimum atomic E-state index is -0.0472. The molecule has 0 amide bonds. The van der Waals surface area contributed by atoms with Gasteiger partial charge in [-0.05, 0) is 67.5 Å². The van der Waals surface area contributed by atoms with Crippen LogP contribution >= 0.6 is 43.2 Å². The molecule has 1 heterocycles. The second-order valence-electron chi connectivity index (χ2n) is 4.49. The van der Waals surface area contributed by atoms with E-state index in [1.165, 1.54) is 21.6 Å². The van der Waals surface area contributed by atoms with Gasteiger partial charge in [0, 0.05) is 9.35 Å². The highest BCUT2D eigenvalue weighted by Crippen LogP contribution is 2.37. The van der Waals surface area contributed by atoms with Crippen molar-refractivity contribution in [3.8, 4) is 0 Å². The standard InChI is InChI=1S/C15H17Br2NS/c1-3-9-5-6-10(4-2)11(7-9)14(18)13-8-12(16)15(17)19-13/h5-8,14H,3-4,18H2,1-2H3. The number of thiophene rings is 1. The fraction of sp³-hybridized carbons (Fsp3) is 0.333. The van der Waals surface area contributed by atoms with Gasteiger partial charge in [-0.1, -0.05) is 32.0 Å². The van der Waals surface area contributed by atoms with E-state index in [0.29, 0.717) is 0 Å². The third-order valence-corrected chi connectivity index (χ3v) is 6.64. The fourth-order valence-electron chi connectivity index (χ4n) is 2.15. The Labute approximate surface area is 135 Å². The van der Waals surface area contributed by atoms with Gasteiger partial charge in [0.05, 0.1) is 9.83 Å². The molecule has 1 aromatic heterocycles. The zero-order valence-corrected chi connectivity index (χ0v) is 15.0. The monoisotopic (exact) mass is 401 g/mol. The largest absolute Gasteiger partial charge is 0.320 e. The summed E-state index contributed by atoms with van der Waals surface area (Å²) in [5.41, 5.74) is 10.4. The minimum Gasteiger partial charge on any atom is -0.320 e. The first-order chi connectivity index (χ1) is 9.06. The zero-order valence-electron chi connectivity index (χ0n) is 11.0. The molecule has 0 aliphatic heterocycles. The molecule has 1 atom stereocenters. The van der Waals surface area contributed by atoms with Crippen LogP contribution in [-0.2, 0) is 12.8 Å². The molecule has 1 unspecified atom stereocenters. The van der Waals surface area contributed by atoms with Crippen molar-refractivity contribution in [2.45, 2.75) is 32.7 Å². The molecule has 2 rings (SSSR count). The van der Waals surface area contributed by atoms with E-state index in [0.717, 1.165) is 21.1 Å². The Kier molecular flexibility index (Phi) is 5.23. The number of nitrogens with two attached hydrogens (primary N) is 1. The lowest BCUT2D eigenvalue weighted by atomic mass is 9.95. The van der Waals surface area contributed by atoms with Gasteiger partial charge in [-0.15, -0.1) is 11.3 Å². The number of aryl methyl sites for hydroxylation is 2. The average Bonchev–Trinajstić information content (AvgIpc) is 2.77. The highest BCUT2D eigenvalue weighted by atomic mass is 79.9. The molecule has 1 nitrogen and oxygen atoms in total. The fourth-order valence-corrected chi connectivity index (χ4v) is 4.26. The van der Waals surface area contributed by atoms with Gasteiger partial charge in [0.1, 0.15) is 0 Å². The smallest absolute Gasteiger partial charge is 0.0843 e. The van der Waals surface area contributed by atoms with Crippen molar-refractivity contribution < 1.29 is 0 Å². The maximum absolute atomic E-state index is 6.47. The summed E-state index contributed by atoms with van der Waals surface area (Å²) in [6, 6.07) is 8.73. The number of halogens is 2. The highest BCUT2D eigenvalue weighted by molar-refractivity contribution is 9.13. The third kappa shape index (κ3) is 3.30. The van der Waals surface area contributed by atoms with Crippen LogP contribution in [0, 0.1) is 0 Å². The predicted octanol–water partition coefficient (Wildman–Crippen LogP) is 5.45. The van der Waals surface area contributed by atoms with E-state index in [1.54, 1.807) is 11.3 Å². The molecule has 19 heavy (non-hydrogen) atoms. The van der Waals surface area contributed by atoms with E-state index in [4.69, 9.17) is 5.73 Å². The highest BCUT2D eigenvalue weighted by Gasteiger charge is 2.16. The van der Waals surface area contributed by atoms with Gasteiger partial charge in [0.15, 0.2) is 0 Å². The SMILES string of the molecule is CCc1ccc(CC)c(C(N)c2cc(Br)c(Br)s2)c1. The van der Waals surface area contributed by atoms with Crippen LogP contribution in [0.2, 0.25) is 0 Å². The van der Waals surface area contributed by atoms with Crippen molar-refractivity contribution in [1.29, 1.82) is 0 Å². The van der Waals surface area contributed by atoms with Crippen molar-refractivity contribution in [3.63, 3.8) is 0 Å². The minimum absolute atomic E-state index is 0.0472. The van der Waals surface area contributed by atoms with E-state index in [2.05, 4.69) is 70.0 Å². The van der Waals surface area contributed by atoms with Crippen LogP contribution in [-0.4, -0.2) is 0 Å². The Hall–Kier alpha value is -0.160. The maximum atomic E-state index is 6.47. The Morgan fingerprint density at radius 1 is 1.16 bits per heavy atom. The first kappa shape index (κ1) is 15.2.